The van der Waals surface area contributed by atoms with Crippen LogP contribution in [0.2, 0.25) is 0 Å². The average Bonchev–Trinajstić information content (AvgIpc) is 2.83. The summed E-state index contributed by atoms with van der Waals surface area (Å²) in [5.74, 6) is 0.416. The third kappa shape index (κ3) is 2.50. The second-order valence-corrected chi connectivity index (χ2v) is 8.21. The monoisotopic (exact) mass is 294 g/mol. The van der Waals surface area contributed by atoms with Crippen LogP contribution in [0.4, 0.5) is 0 Å². The highest BCUT2D eigenvalue weighted by atomic mass is 32.2. The van der Waals surface area contributed by atoms with Crippen molar-refractivity contribution in [3.05, 3.63) is 29.3 Å². The predicted octanol–water partition coefficient (Wildman–Crippen LogP) is 1.53. The summed E-state index contributed by atoms with van der Waals surface area (Å²) in [5.41, 5.74) is 8.26. The van der Waals surface area contributed by atoms with E-state index in [1.54, 1.807) is 13.1 Å². The summed E-state index contributed by atoms with van der Waals surface area (Å²) >= 11 is 0. The molecule has 2 aliphatic rings. The van der Waals surface area contributed by atoms with Crippen LogP contribution in [0.3, 0.4) is 0 Å². The van der Waals surface area contributed by atoms with E-state index in [0.29, 0.717) is 17.4 Å². The zero-order chi connectivity index (χ0) is 14.3. The van der Waals surface area contributed by atoms with Crippen molar-refractivity contribution >= 4 is 10.0 Å². The van der Waals surface area contributed by atoms with Crippen LogP contribution < -0.4 is 5.73 Å². The maximum absolute atomic E-state index is 12.6. The lowest BCUT2D eigenvalue weighted by Gasteiger charge is -2.34. The van der Waals surface area contributed by atoms with Gasteiger partial charge in [0.1, 0.15) is 0 Å². The number of sulfonamides is 1. The second-order valence-electron chi connectivity index (χ2n) is 6.17. The summed E-state index contributed by atoms with van der Waals surface area (Å²) in [6.07, 6.45) is 5.08. The molecule has 0 heterocycles. The summed E-state index contributed by atoms with van der Waals surface area (Å²) in [5, 5.41) is 0. The number of aryl methyl sites for hydroxylation is 2. The Balaban J connectivity index is 1.77. The minimum atomic E-state index is -3.36. The third-order valence-corrected chi connectivity index (χ3v) is 6.38. The number of fused-ring (bicyclic) bond motifs is 1. The molecule has 0 unspecified atom stereocenters. The Morgan fingerprint density at radius 1 is 1.25 bits per heavy atom. The molecule has 0 saturated heterocycles. The molecule has 4 nitrogen and oxygen atoms in total. The van der Waals surface area contributed by atoms with Crippen molar-refractivity contribution in [1.82, 2.24) is 4.31 Å². The van der Waals surface area contributed by atoms with Crippen LogP contribution in [0.5, 0.6) is 0 Å². The summed E-state index contributed by atoms with van der Waals surface area (Å²) in [6.45, 7) is 0.577. The molecular weight excluding hydrogens is 272 g/mol. The van der Waals surface area contributed by atoms with Gasteiger partial charge in [-0.3, -0.25) is 0 Å². The Morgan fingerprint density at radius 3 is 2.65 bits per heavy atom. The van der Waals surface area contributed by atoms with Gasteiger partial charge in [-0.25, -0.2) is 12.7 Å². The summed E-state index contributed by atoms with van der Waals surface area (Å²) in [7, 11) is -1.68. The average molecular weight is 294 g/mol. The molecular formula is C15H22N2O2S. The smallest absolute Gasteiger partial charge is 0.242 e. The van der Waals surface area contributed by atoms with Crippen molar-refractivity contribution in [2.24, 2.45) is 11.7 Å². The molecule has 0 aromatic heterocycles. The maximum Gasteiger partial charge on any atom is 0.242 e. The van der Waals surface area contributed by atoms with Gasteiger partial charge in [-0.15, -0.1) is 0 Å². The zero-order valence-electron chi connectivity index (χ0n) is 11.9. The van der Waals surface area contributed by atoms with Gasteiger partial charge >= 0.3 is 0 Å². The molecule has 0 aliphatic heterocycles. The van der Waals surface area contributed by atoms with Gasteiger partial charge in [0.25, 0.3) is 0 Å². The Bertz CT molecular complexity index is 606. The molecule has 0 amide bonds. The van der Waals surface area contributed by atoms with E-state index in [0.717, 1.165) is 32.1 Å². The number of hydrogen-bond acceptors (Lipinski definition) is 3. The van der Waals surface area contributed by atoms with Crippen molar-refractivity contribution in [3.8, 4) is 0 Å². The van der Waals surface area contributed by atoms with Gasteiger partial charge in [0.15, 0.2) is 0 Å². The Labute approximate surface area is 121 Å². The molecule has 0 radical (unpaired) electrons. The van der Waals surface area contributed by atoms with Crippen LogP contribution in [-0.4, -0.2) is 32.4 Å². The van der Waals surface area contributed by atoms with Crippen LogP contribution in [0.1, 0.15) is 30.4 Å². The highest BCUT2D eigenvalue weighted by molar-refractivity contribution is 7.89. The molecule has 110 valence electrons. The van der Waals surface area contributed by atoms with Crippen LogP contribution >= 0.6 is 0 Å². The summed E-state index contributed by atoms with van der Waals surface area (Å²) < 4.78 is 26.7. The first-order valence-electron chi connectivity index (χ1n) is 7.30. The SMILES string of the molecule is CN(CC1CC(N)C1)S(=O)(=O)c1ccc2c(c1)CCC2. The molecule has 1 fully saturated rings. The standard InChI is InChI=1S/C15H22N2O2S/c1-17(10-11-7-14(16)8-11)20(18,19)15-6-5-12-3-2-4-13(12)9-15/h5-6,9,11,14H,2-4,7-8,10,16H2,1H3. The molecule has 1 aromatic carbocycles. The van der Waals surface area contributed by atoms with E-state index in [4.69, 9.17) is 5.73 Å². The van der Waals surface area contributed by atoms with Crippen molar-refractivity contribution in [2.45, 2.75) is 43.0 Å². The molecule has 2 N–H and O–H groups in total. The van der Waals surface area contributed by atoms with E-state index >= 15 is 0 Å². The molecule has 0 spiro atoms. The minimum absolute atomic E-state index is 0.260. The van der Waals surface area contributed by atoms with Gasteiger partial charge in [-0.2, -0.15) is 0 Å². The van der Waals surface area contributed by atoms with E-state index in [1.807, 2.05) is 12.1 Å². The molecule has 0 bridgehead atoms. The van der Waals surface area contributed by atoms with E-state index < -0.39 is 10.0 Å². The molecule has 3 rings (SSSR count). The van der Waals surface area contributed by atoms with Crippen molar-refractivity contribution in [2.75, 3.05) is 13.6 Å². The molecule has 20 heavy (non-hydrogen) atoms. The molecule has 5 heteroatoms. The fourth-order valence-corrected chi connectivity index (χ4v) is 4.58. The quantitative estimate of drug-likeness (QED) is 0.916. The van der Waals surface area contributed by atoms with Crippen LogP contribution in [-0.2, 0) is 22.9 Å². The first kappa shape index (κ1) is 14.0. The normalized spacial score (nSPS) is 25.6. The number of rotatable bonds is 4. The number of hydrogen-bond donors (Lipinski definition) is 1. The minimum Gasteiger partial charge on any atom is -0.328 e. The lowest BCUT2D eigenvalue weighted by Crippen LogP contribution is -2.43. The molecule has 1 aromatic rings. The number of nitrogens with zero attached hydrogens (tertiary/aromatic N) is 1. The van der Waals surface area contributed by atoms with Gasteiger partial charge in [0, 0.05) is 19.6 Å². The topological polar surface area (TPSA) is 63.4 Å². The molecule has 2 aliphatic carbocycles. The van der Waals surface area contributed by atoms with Crippen LogP contribution in [0.15, 0.2) is 23.1 Å². The highest BCUT2D eigenvalue weighted by Crippen LogP contribution is 2.29. The van der Waals surface area contributed by atoms with E-state index in [9.17, 15) is 8.42 Å². The Hall–Kier alpha value is -0.910. The van der Waals surface area contributed by atoms with Gasteiger partial charge in [0.05, 0.1) is 4.90 Å². The maximum atomic E-state index is 12.6. The first-order chi connectivity index (χ1) is 9.46. The molecule has 0 atom stereocenters. The van der Waals surface area contributed by atoms with Crippen molar-refractivity contribution < 1.29 is 8.42 Å². The predicted molar refractivity (Wildman–Crippen MR) is 79.0 cm³/mol. The van der Waals surface area contributed by atoms with E-state index in [-0.39, 0.29) is 6.04 Å². The molecule has 1 saturated carbocycles. The van der Waals surface area contributed by atoms with E-state index in [1.165, 1.54) is 15.4 Å². The largest absolute Gasteiger partial charge is 0.328 e. The summed E-state index contributed by atoms with van der Waals surface area (Å²) in [6, 6.07) is 5.85. The fourth-order valence-electron chi connectivity index (χ4n) is 3.29. The number of nitrogens with two attached hydrogens (primary N) is 1. The Kier molecular flexibility index (Phi) is 3.60. The van der Waals surface area contributed by atoms with Gasteiger partial charge < -0.3 is 5.73 Å². The Morgan fingerprint density at radius 2 is 1.95 bits per heavy atom. The van der Waals surface area contributed by atoms with Gasteiger partial charge in [-0.05, 0) is 61.3 Å². The highest BCUT2D eigenvalue weighted by Gasteiger charge is 2.31. The van der Waals surface area contributed by atoms with Crippen molar-refractivity contribution in [3.63, 3.8) is 0 Å². The summed E-state index contributed by atoms with van der Waals surface area (Å²) in [4.78, 5) is 0.435. The third-order valence-electron chi connectivity index (χ3n) is 4.57. The van der Waals surface area contributed by atoms with Crippen molar-refractivity contribution in [1.29, 1.82) is 0 Å². The first-order valence-corrected chi connectivity index (χ1v) is 8.74. The van der Waals surface area contributed by atoms with Gasteiger partial charge in [0.2, 0.25) is 10.0 Å². The fraction of sp³-hybridized carbons (Fsp3) is 0.600. The van der Waals surface area contributed by atoms with Gasteiger partial charge in [-0.1, -0.05) is 6.07 Å². The van der Waals surface area contributed by atoms with E-state index in [2.05, 4.69) is 0 Å². The second kappa shape index (κ2) is 5.13. The van der Waals surface area contributed by atoms with Crippen LogP contribution in [0.25, 0.3) is 0 Å². The number of benzene rings is 1. The lowest BCUT2D eigenvalue weighted by molar-refractivity contribution is 0.227. The van der Waals surface area contributed by atoms with Crippen LogP contribution in [0, 0.1) is 5.92 Å². The zero-order valence-corrected chi connectivity index (χ0v) is 12.7. The lowest BCUT2D eigenvalue weighted by atomic mass is 9.81.